The van der Waals surface area contributed by atoms with Gasteiger partial charge in [-0.25, -0.2) is 0 Å². The highest BCUT2D eigenvalue weighted by Crippen LogP contribution is 2.51. The zero-order valence-corrected chi connectivity index (χ0v) is 10.9. The van der Waals surface area contributed by atoms with E-state index in [1.807, 2.05) is 0 Å². The van der Waals surface area contributed by atoms with E-state index in [1.165, 1.54) is 11.1 Å². The SMILES string of the molecule is CC(C)=C1CC(C)(COS(C)(=O)=O)C1C. The molecule has 1 saturated carbocycles. The van der Waals surface area contributed by atoms with Crippen molar-refractivity contribution in [2.45, 2.75) is 34.1 Å². The lowest BCUT2D eigenvalue weighted by molar-refractivity contribution is 0.0679. The van der Waals surface area contributed by atoms with Gasteiger partial charge in [-0.2, -0.15) is 8.42 Å². The van der Waals surface area contributed by atoms with Gasteiger partial charge in [0.1, 0.15) is 0 Å². The molecular formula is C11H20O3S. The smallest absolute Gasteiger partial charge is 0.264 e. The summed E-state index contributed by atoms with van der Waals surface area (Å²) in [5.74, 6) is 0.421. The maximum Gasteiger partial charge on any atom is 0.264 e. The lowest BCUT2D eigenvalue weighted by Gasteiger charge is -2.48. The molecule has 0 bridgehead atoms. The largest absolute Gasteiger partial charge is 0.270 e. The van der Waals surface area contributed by atoms with Gasteiger partial charge in [0.2, 0.25) is 0 Å². The van der Waals surface area contributed by atoms with Gasteiger partial charge >= 0.3 is 0 Å². The molecule has 2 unspecified atom stereocenters. The first-order valence-corrected chi connectivity index (χ1v) is 6.98. The van der Waals surface area contributed by atoms with Gasteiger partial charge in [0.05, 0.1) is 12.9 Å². The zero-order chi connectivity index (χ0) is 11.9. The van der Waals surface area contributed by atoms with Crippen molar-refractivity contribution < 1.29 is 12.6 Å². The number of hydrogen-bond acceptors (Lipinski definition) is 3. The molecule has 88 valence electrons. The number of rotatable bonds is 3. The Balaban J connectivity index is 2.63. The molecule has 2 atom stereocenters. The fourth-order valence-electron chi connectivity index (χ4n) is 2.06. The minimum atomic E-state index is -3.31. The monoisotopic (exact) mass is 232 g/mol. The summed E-state index contributed by atoms with van der Waals surface area (Å²) < 4.78 is 26.7. The molecule has 0 aliphatic heterocycles. The van der Waals surface area contributed by atoms with Crippen LogP contribution in [0.5, 0.6) is 0 Å². The first kappa shape index (κ1) is 12.7. The summed E-state index contributed by atoms with van der Waals surface area (Å²) in [6.07, 6.45) is 2.05. The van der Waals surface area contributed by atoms with Crippen molar-refractivity contribution in [3.63, 3.8) is 0 Å². The minimum Gasteiger partial charge on any atom is -0.270 e. The average Bonchev–Trinajstić information content (AvgIpc) is 2.08. The highest BCUT2D eigenvalue weighted by Gasteiger charge is 2.44. The van der Waals surface area contributed by atoms with Gasteiger partial charge in [0.25, 0.3) is 10.1 Å². The van der Waals surface area contributed by atoms with Crippen molar-refractivity contribution in [1.29, 1.82) is 0 Å². The summed E-state index contributed by atoms with van der Waals surface area (Å²) in [4.78, 5) is 0. The molecule has 0 N–H and O–H groups in total. The Hall–Kier alpha value is -0.350. The number of hydrogen-bond donors (Lipinski definition) is 0. The highest BCUT2D eigenvalue weighted by atomic mass is 32.2. The van der Waals surface area contributed by atoms with Crippen molar-refractivity contribution >= 4 is 10.1 Å². The summed E-state index contributed by atoms with van der Waals surface area (Å²) in [6, 6.07) is 0. The van der Waals surface area contributed by atoms with E-state index in [2.05, 4.69) is 27.7 Å². The standard InChI is InChI=1S/C11H20O3S/c1-8(2)10-6-11(4,9(10)3)7-14-15(5,12)13/h9H,6-7H2,1-5H3. The Morgan fingerprint density at radius 1 is 1.53 bits per heavy atom. The Morgan fingerprint density at radius 3 is 2.40 bits per heavy atom. The van der Waals surface area contributed by atoms with Gasteiger partial charge in [0.15, 0.2) is 0 Å². The third-order valence-corrected chi connectivity index (χ3v) is 3.95. The van der Waals surface area contributed by atoms with Gasteiger partial charge < -0.3 is 0 Å². The van der Waals surface area contributed by atoms with E-state index in [9.17, 15) is 8.42 Å². The fraction of sp³-hybridized carbons (Fsp3) is 0.818. The van der Waals surface area contributed by atoms with Crippen LogP contribution in [0.1, 0.15) is 34.1 Å². The Bertz CT molecular complexity index is 377. The second-order valence-electron chi connectivity index (χ2n) is 5.04. The highest BCUT2D eigenvalue weighted by molar-refractivity contribution is 7.85. The molecule has 0 spiro atoms. The van der Waals surface area contributed by atoms with Crippen LogP contribution in [0.25, 0.3) is 0 Å². The molecular weight excluding hydrogens is 212 g/mol. The number of allylic oxidation sites excluding steroid dienone is 2. The zero-order valence-electron chi connectivity index (χ0n) is 10.1. The Labute approximate surface area is 92.6 Å². The van der Waals surface area contributed by atoms with E-state index in [0.717, 1.165) is 12.7 Å². The molecule has 4 heteroatoms. The molecule has 0 radical (unpaired) electrons. The van der Waals surface area contributed by atoms with Crippen LogP contribution in [0.2, 0.25) is 0 Å². The van der Waals surface area contributed by atoms with E-state index < -0.39 is 10.1 Å². The lowest BCUT2D eigenvalue weighted by Crippen LogP contribution is -2.42. The molecule has 1 aliphatic rings. The van der Waals surface area contributed by atoms with Crippen LogP contribution >= 0.6 is 0 Å². The van der Waals surface area contributed by atoms with E-state index in [1.54, 1.807) is 0 Å². The molecule has 0 saturated heterocycles. The topological polar surface area (TPSA) is 43.4 Å². The average molecular weight is 232 g/mol. The quantitative estimate of drug-likeness (QED) is 0.554. The molecule has 3 nitrogen and oxygen atoms in total. The lowest BCUT2D eigenvalue weighted by atomic mass is 9.58. The third-order valence-electron chi connectivity index (χ3n) is 3.41. The molecule has 0 aromatic rings. The summed E-state index contributed by atoms with van der Waals surface area (Å²) in [6.45, 7) is 8.71. The summed E-state index contributed by atoms with van der Waals surface area (Å²) in [7, 11) is -3.31. The first-order valence-electron chi connectivity index (χ1n) is 5.16. The van der Waals surface area contributed by atoms with E-state index in [0.29, 0.717) is 12.5 Å². The summed E-state index contributed by atoms with van der Waals surface area (Å²) >= 11 is 0. The van der Waals surface area contributed by atoms with Crippen molar-refractivity contribution in [3.05, 3.63) is 11.1 Å². The summed E-state index contributed by atoms with van der Waals surface area (Å²) in [5.41, 5.74) is 2.77. The van der Waals surface area contributed by atoms with Gasteiger partial charge in [-0.05, 0) is 26.2 Å². The second-order valence-corrected chi connectivity index (χ2v) is 6.69. The predicted octanol–water partition coefficient (Wildman–Crippen LogP) is 2.35. The molecule has 0 aromatic heterocycles. The van der Waals surface area contributed by atoms with Crippen molar-refractivity contribution in [2.75, 3.05) is 12.9 Å². The first-order chi connectivity index (χ1) is 6.66. The van der Waals surface area contributed by atoms with Crippen molar-refractivity contribution in [2.24, 2.45) is 11.3 Å². The normalized spacial score (nSPS) is 31.3. The van der Waals surface area contributed by atoms with Crippen molar-refractivity contribution in [3.8, 4) is 0 Å². The third kappa shape index (κ3) is 2.82. The van der Waals surface area contributed by atoms with Crippen LogP contribution in [0.3, 0.4) is 0 Å². The Kier molecular flexibility index (Phi) is 3.31. The van der Waals surface area contributed by atoms with Crippen LogP contribution in [-0.4, -0.2) is 21.3 Å². The predicted molar refractivity (Wildman–Crippen MR) is 61.1 cm³/mol. The fourth-order valence-corrected chi connectivity index (χ4v) is 2.54. The van der Waals surface area contributed by atoms with Gasteiger partial charge in [-0.15, -0.1) is 0 Å². The minimum absolute atomic E-state index is 0.0182. The van der Waals surface area contributed by atoms with E-state index in [4.69, 9.17) is 4.18 Å². The van der Waals surface area contributed by atoms with Crippen LogP contribution in [-0.2, 0) is 14.3 Å². The van der Waals surface area contributed by atoms with Gasteiger partial charge in [-0.1, -0.05) is 25.0 Å². The molecule has 0 heterocycles. The van der Waals surface area contributed by atoms with Crippen LogP contribution in [0, 0.1) is 11.3 Å². The molecule has 1 rings (SSSR count). The second kappa shape index (κ2) is 3.91. The van der Waals surface area contributed by atoms with Crippen LogP contribution < -0.4 is 0 Å². The molecule has 1 aliphatic carbocycles. The van der Waals surface area contributed by atoms with Gasteiger partial charge in [0, 0.05) is 5.41 Å². The summed E-state index contributed by atoms with van der Waals surface area (Å²) in [5, 5.41) is 0. The molecule has 15 heavy (non-hydrogen) atoms. The van der Waals surface area contributed by atoms with Gasteiger partial charge in [-0.3, -0.25) is 4.18 Å². The molecule has 1 fully saturated rings. The van der Waals surface area contributed by atoms with Crippen LogP contribution in [0.4, 0.5) is 0 Å². The molecule has 0 amide bonds. The molecule has 0 aromatic carbocycles. The van der Waals surface area contributed by atoms with E-state index >= 15 is 0 Å². The maximum absolute atomic E-state index is 10.9. The maximum atomic E-state index is 10.9. The van der Waals surface area contributed by atoms with E-state index in [-0.39, 0.29) is 5.41 Å². The van der Waals surface area contributed by atoms with Crippen LogP contribution in [0.15, 0.2) is 11.1 Å². The Morgan fingerprint density at radius 2 is 2.07 bits per heavy atom. The van der Waals surface area contributed by atoms with Crippen molar-refractivity contribution in [1.82, 2.24) is 0 Å².